The predicted molar refractivity (Wildman–Crippen MR) is 63.6 cm³/mol. The van der Waals surface area contributed by atoms with Gasteiger partial charge in [0.25, 0.3) is 0 Å². The number of nitrogens with zero attached hydrogens (tertiary/aromatic N) is 1. The van der Waals surface area contributed by atoms with Crippen molar-refractivity contribution in [2.24, 2.45) is 0 Å². The van der Waals surface area contributed by atoms with E-state index in [9.17, 15) is 0 Å². The van der Waals surface area contributed by atoms with Gasteiger partial charge in [0.2, 0.25) is 0 Å². The molecule has 84 valence electrons. The first-order chi connectivity index (χ1) is 7.11. The van der Waals surface area contributed by atoms with Crippen LogP contribution in [0.4, 0.5) is 0 Å². The number of rotatable bonds is 6. The molecule has 0 amide bonds. The van der Waals surface area contributed by atoms with Gasteiger partial charge in [-0.15, -0.1) is 0 Å². The minimum atomic E-state index is -0.237. The molecule has 0 heterocycles. The van der Waals surface area contributed by atoms with Crippen LogP contribution < -0.4 is 0 Å². The number of hydrogen-bond donors (Lipinski definition) is 0. The SMILES string of the molecule is CC(C)N(C[CH2][Zr][C]1=CC=CC1)C(C)C. The quantitative estimate of drug-likeness (QED) is 0.722. The summed E-state index contributed by atoms with van der Waals surface area (Å²) in [6.07, 6.45) is 8.12. The third-order valence-electron chi connectivity index (χ3n) is 2.82. The number of allylic oxidation sites excluding steroid dienone is 4. The van der Waals surface area contributed by atoms with Crippen LogP contribution in [0.5, 0.6) is 0 Å². The molecule has 0 bridgehead atoms. The van der Waals surface area contributed by atoms with E-state index >= 15 is 0 Å². The standard InChI is InChI=1S/C8H18N.C5H5.Zr/c1-6-9(7(2)3)8(4)5;1-2-4-5-3-1;/h7-8H,1,6H2,2-5H3;1-3H,4H2;. The van der Waals surface area contributed by atoms with Crippen molar-refractivity contribution in [1.29, 1.82) is 0 Å². The molecule has 0 aromatic carbocycles. The van der Waals surface area contributed by atoms with E-state index in [4.69, 9.17) is 0 Å². The molecule has 0 fully saturated rings. The van der Waals surface area contributed by atoms with Crippen molar-refractivity contribution in [2.75, 3.05) is 6.54 Å². The summed E-state index contributed by atoms with van der Waals surface area (Å²) in [6, 6.07) is 1.39. The van der Waals surface area contributed by atoms with E-state index in [-0.39, 0.29) is 23.2 Å². The fourth-order valence-corrected chi connectivity index (χ4v) is 4.91. The molecule has 0 aliphatic heterocycles. The first-order valence-electron chi connectivity index (χ1n) is 5.96. The van der Waals surface area contributed by atoms with Crippen molar-refractivity contribution >= 4 is 0 Å². The Hall–Kier alpha value is 0.323. The van der Waals surface area contributed by atoms with Crippen molar-refractivity contribution in [2.45, 2.75) is 50.3 Å². The van der Waals surface area contributed by atoms with Crippen LogP contribution in [0.15, 0.2) is 21.5 Å². The molecule has 0 unspecified atom stereocenters. The van der Waals surface area contributed by atoms with Crippen LogP contribution in [0.3, 0.4) is 0 Å². The second-order valence-corrected chi connectivity index (χ2v) is 8.35. The van der Waals surface area contributed by atoms with E-state index in [0.717, 1.165) is 0 Å². The second kappa shape index (κ2) is 6.81. The van der Waals surface area contributed by atoms with Gasteiger partial charge in [-0.05, 0) is 0 Å². The van der Waals surface area contributed by atoms with Crippen molar-refractivity contribution in [3.8, 4) is 0 Å². The zero-order valence-electron chi connectivity index (χ0n) is 10.5. The zero-order chi connectivity index (χ0) is 11.3. The molecule has 0 saturated carbocycles. The average molecular weight is 285 g/mol. The summed E-state index contributed by atoms with van der Waals surface area (Å²) < 4.78 is 3.24. The molecule has 15 heavy (non-hydrogen) atoms. The third kappa shape index (κ3) is 4.78. The van der Waals surface area contributed by atoms with Gasteiger partial charge in [-0.3, -0.25) is 0 Å². The Kier molecular flexibility index (Phi) is 6.08. The van der Waals surface area contributed by atoms with E-state index < -0.39 is 0 Å². The fourth-order valence-electron chi connectivity index (χ4n) is 2.04. The molecule has 2 heteroatoms. The van der Waals surface area contributed by atoms with E-state index in [1.54, 1.807) is 3.28 Å². The molecule has 1 nitrogen and oxygen atoms in total. The first-order valence-corrected chi connectivity index (χ1v) is 8.93. The Morgan fingerprint density at radius 1 is 1.27 bits per heavy atom. The van der Waals surface area contributed by atoms with Gasteiger partial charge in [-0.25, -0.2) is 0 Å². The molecule has 0 aromatic rings. The summed E-state index contributed by atoms with van der Waals surface area (Å²) in [6.45, 7) is 10.5. The Labute approximate surface area is 106 Å². The Balaban J connectivity index is 2.22. The van der Waals surface area contributed by atoms with Crippen molar-refractivity contribution in [3.05, 3.63) is 21.5 Å². The van der Waals surface area contributed by atoms with Gasteiger partial charge in [-0.1, -0.05) is 0 Å². The molecular weight excluding hydrogens is 261 g/mol. The molecule has 0 spiro atoms. The summed E-state index contributed by atoms with van der Waals surface area (Å²) in [4.78, 5) is 2.61. The monoisotopic (exact) mass is 283 g/mol. The molecule has 1 rings (SSSR count). The van der Waals surface area contributed by atoms with Crippen molar-refractivity contribution in [3.63, 3.8) is 0 Å². The van der Waals surface area contributed by atoms with Crippen LogP contribution in [0.1, 0.15) is 34.1 Å². The fraction of sp³-hybridized carbons (Fsp3) is 0.692. The molecule has 0 N–H and O–H groups in total. The summed E-state index contributed by atoms with van der Waals surface area (Å²) in [7, 11) is 0. The van der Waals surface area contributed by atoms with Crippen LogP contribution >= 0.6 is 0 Å². The van der Waals surface area contributed by atoms with Gasteiger partial charge >= 0.3 is 107 Å². The van der Waals surface area contributed by atoms with Gasteiger partial charge in [0.05, 0.1) is 0 Å². The van der Waals surface area contributed by atoms with Crippen LogP contribution in [-0.4, -0.2) is 23.5 Å². The van der Waals surface area contributed by atoms with E-state index in [0.29, 0.717) is 12.1 Å². The van der Waals surface area contributed by atoms with Crippen molar-refractivity contribution in [1.82, 2.24) is 4.90 Å². The van der Waals surface area contributed by atoms with E-state index in [1.807, 2.05) is 0 Å². The summed E-state index contributed by atoms with van der Waals surface area (Å²) in [5.41, 5.74) is 0. The maximum absolute atomic E-state index is 2.61. The molecule has 0 aromatic heterocycles. The Morgan fingerprint density at radius 2 is 1.93 bits per heavy atom. The number of hydrogen-bond acceptors (Lipinski definition) is 1. The second-order valence-electron chi connectivity index (χ2n) is 4.68. The molecule has 0 saturated heterocycles. The third-order valence-corrected chi connectivity index (χ3v) is 6.01. The average Bonchev–Trinajstić information content (AvgIpc) is 2.63. The van der Waals surface area contributed by atoms with Gasteiger partial charge in [0, 0.05) is 0 Å². The molecular formula is C13H23NZr. The Bertz CT molecular complexity index is 233. The molecule has 0 radical (unpaired) electrons. The van der Waals surface area contributed by atoms with Gasteiger partial charge < -0.3 is 0 Å². The summed E-state index contributed by atoms with van der Waals surface area (Å²) >= 11 is -0.237. The molecule has 1 aliphatic rings. The van der Waals surface area contributed by atoms with E-state index in [1.165, 1.54) is 17.1 Å². The van der Waals surface area contributed by atoms with Gasteiger partial charge in [-0.2, -0.15) is 0 Å². The zero-order valence-corrected chi connectivity index (χ0v) is 12.9. The molecule has 0 atom stereocenters. The predicted octanol–water partition coefficient (Wildman–Crippen LogP) is 3.45. The van der Waals surface area contributed by atoms with Crippen molar-refractivity contribution < 1.29 is 23.2 Å². The van der Waals surface area contributed by atoms with Crippen LogP contribution in [0.25, 0.3) is 0 Å². The van der Waals surface area contributed by atoms with Crippen LogP contribution in [0, 0.1) is 0 Å². The maximum atomic E-state index is 2.61. The Morgan fingerprint density at radius 3 is 2.40 bits per heavy atom. The van der Waals surface area contributed by atoms with Crippen LogP contribution in [-0.2, 0) is 23.2 Å². The normalized spacial score (nSPS) is 15.5. The summed E-state index contributed by atoms with van der Waals surface area (Å²) in [5, 5.41) is 0. The molecule has 1 aliphatic carbocycles. The van der Waals surface area contributed by atoms with Gasteiger partial charge in [0.15, 0.2) is 0 Å². The van der Waals surface area contributed by atoms with Gasteiger partial charge in [0.1, 0.15) is 0 Å². The summed E-state index contributed by atoms with van der Waals surface area (Å²) in [5.74, 6) is 0. The minimum absolute atomic E-state index is 0.237. The topological polar surface area (TPSA) is 3.24 Å². The van der Waals surface area contributed by atoms with E-state index in [2.05, 4.69) is 50.8 Å². The first kappa shape index (κ1) is 13.4. The van der Waals surface area contributed by atoms with Crippen LogP contribution in [0.2, 0.25) is 4.13 Å².